The molecule has 0 radical (unpaired) electrons. The van der Waals surface area contributed by atoms with E-state index in [1.54, 1.807) is 0 Å². The van der Waals surface area contributed by atoms with Crippen LogP contribution < -0.4 is 5.32 Å². The minimum atomic E-state index is -0.987. The monoisotopic (exact) mass is 212 g/mol. The summed E-state index contributed by atoms with van der Waals surface area (Å²) in [5.74, 6) is -1.70. The number of pyridine rings is 1. The van der Waals surface area contributed by atoms with Crippen LogP contribution in [0.2, 0.25) is 0 Å². The number of rotatable bonds is 3. The lowest BCUT2D eigenvalue weighted by atomic mass is 10.3. The molecule has 1 aliphatic rings. The molecular weight excluding hydrogens is 202 g/mol. The van der Waals surface area contributed by atoms with Crippen LogP contribution >= 0.6 is 0 Å². The second-order valence-corrected chi connectivity index (χ2v) is 3.67. The molecule has 0 bridgehead atoms. The SMILES string of the molecule is O=C(CC1CC1)Nc1ccc(F)nc1F. The Kier molecular flexibility index (Phi) is 2.62. The zero-order valence-electron chi connectivity index (χ0n) is 7.96. The molecule has 1 saturated carbocycles. The Morgan fingerprint density at radius 3 is 2.80 bits per heavy atom. The van der Waals surface area contributed by atoms with Gasteiger partial charge in [0.2, 0.25) is 17.8 Å². The number of hydrogen-bond acceptors (Lipinski definition) is 2. The molecule has 5 heteroatoms. The zero-order valence-corrected chi connectivity index (χ0v) is 7.96. The van der Waals surface area contributed by atoms with E-state index in [-0.39, 0.29) is 11.6 Å². The van der Waals surface area contributed by atoms with E-state index in [4.69, 9.17) is 0 Å². The predicted molar refractivity (Wildman–Crippen MR) is 50.1 cm³/mol. The summed E-state index contributed by atoms with van der Waals surface area (Å²) in [6.07, 6.45) is 2.51. The molecule has 0 aliphatic heterocycles. The lowest BCUT2D eigenvalue weighted by Gasteiger charge is -2.04. The van der Waals surface area contributed by atoms with Crippen LogP contribution in [0.4, 0.5) is 14.5 Å². The van der Waals surface area contributed by atoms with Crippen molar-refractivity contribution >= 4 is 11.6 Å². The number of nitrogens with one attached hydrogen (secondary N) is 1. The summed E-state index contributed by atoms with van der Waals surface area (Å²) < 4.78 is 25.4. The van der Waals surface area contributed by atoms with E-state index in [0.717, 1.165) is 18.9 Å². The van der Waals surface area contributed by atoms with E-state index < -0.39 is 11.9 Å². The van der Waals surface area contributed by atoms with E-state index in [9.17, 15) is 13.6 Å². The summed E-state index contributed by atoms with van der Waals surface area (Å²) in [5, 5.41) is 2.37. The third-order valence-electron chi connectivity index (χ3n) is 2.26. The Morgan fingerprint density at radius 2 is 2.20 bits per heavy atom. The maximum atomic E-state index is 13.0. The summed E-state index contributed by atoms with van der Waals surface area (Å²) >= 11 is 0. The van der Waals surface area contributed by atoms with Gasteiger partial charge in [0.1, 0.15) is 0 Å². The third kappa shape index (κ3) is 2.71. The molecular formula is C10H10F2N2O. The molecule has 1 amide bonds. The summed E-state index contributed by atoms with van der Waals surface area (Å²) in [4.78, 5) is 14.3. The van der Waals surface area contributed by atoms with Crippen molar-refractivity contribution in [2.75, 3.05) is 5.32 Å². The lowest BCUT2D eigenvalue weighted by Crippen LogP contribution is -2.13. The van der Waals surface area contributed by atoms with Crippen LogP contribution in [-0.4, -0.2) is 10.9 Å². The van der Waals surface area contributed by atoms with Gasteiger partial charge in [0.15, 0.2) is 0 Å². The Hall–Kier alpha value is -1.52. The van der Waals surface area contributed by atoms with E-state index >= 15 is 0 Å². The van der Waals surface area contributed by atoms with Crippen LogP contribution in [0.5, 0.6) is 0 Å². The first kappa shape index (κ1) is 10.0. The van der Waals surface area contributed by atoms with Crippen molar-refractivity contribution in [3.8, 4) is 0 Å². The maximum absolute atomic E-state index is 13.0. The van der Waals surface area contributed by atoms with Gasteiger partial charge in [-0.2, -0.15) is 13.8 Å². The summed E-state index contributed by atoms with van der Waals surface area (Å²) in [5.41, 5.74) is -0.0675. The average molecular weight is 212 g/mol. The van der Waals surface area contributed by atoms with Crippen molar-refractivity contribution in [1.29, 1.82) is 0 Å². The van der Waals surface area contributed by atoms with Crippen molar-refractivity contribution in [3.05, 3.63) is 24.0 Å². The first-order chi connectivity index (χ1) is 7.15. The normalized spacial score (nSPS) is 15.1. The number of hydrogen-bond donors (Lipinski definition) is 1. The van der Waals surface area contributed by atoms with Gasteiger partial charge in [0.05, 0.1) is 5.69 Å². The highest BCUT2D eigenvalue weighted by molar-refractivity contribution is 5.90. The zero-order chi connectivity index (χ0) is 10.8. The van der Waals surface area contributed by atoms with Crippen LogP contribution in [-0.2, 0) is 4.79 Å². The minimum absolute atomic E-state index is 0.0675. The second-order valence-electron chi connectivity index (χ2n) is 3.67. The number of halogens is 2. The number of amides is 1. The van der Waals surface area contributed by atoms with E-state index in [0.29, 0.717) is 12.3 Å². The van der Waals surface area contributed by atoms with Crippen LogP contribution in [0, 0.1) is 17.8 Å². The molecule has 0 unspecified atom stereocenters. The van der Waals surface area contributed by atoms with Crippen molar-refractivity contribution in [2.45, 2.75) is 19.3 Å². The molecule has 0 aromatic carbocycles. The maximum Gasteiger partial charge on any atom is 0.239 e. The van der Waals surface area contributed by atoms with E-state index in [2.05, 4.69) is 10.3 Å². The summed E-state index contributed by atoms with van der Waals surface area (Å²) in [6.45, 7) is 0. The highest BCUT2D eigenvalue weighted by Crippen LogP contribution is 2.32. The molecule has 0 saturated heterocycles. The molecule has 1 aliphatic carbocycles. The fraction of sp³-hybridized carbons (Fsp3) is 0.400. The first-order valence-corrected chi connectivity index (χ1v) is 4.77. The largest absolute Gasteiger partial charge is 0.322 e. The summed E-state index contributed by atoms with van der Waals surface area (Å²) in [7, 11) is 0. The van der Waals surface area contributed by atoms with Gasteiger partial charge in [-0.05, 0) is 30.9 Å². The Morgan fingerprint density at radius 1 is 1.47 bits per heavy atom. The van der Waals surface area contributed by atoms with Gasteiger partial charge >= 0.3 is 0 Å². The molecule has 0 spiro atoms. The van der Waals surface area contributed by atoms with Gasteiger partial charge in [-0.1, -0.05) is 0 Å². The lowest BCUT2D eigenvalue weighted by molar-refractivity contribution is -0.116. The molecule has 3 nitrogen and oxygen atoms in total. The molecule has 15 heavy (non-hydrogen) atoms. The van der Waals surface area contributed by atoms with Gasteiger partial charge in [0, 0.05) is 6.42 Å². The van der Waals surface area contributed by atoms with Gasteiger partial charge in [0.25, 0.3) is 0 Å². The standard InChI is InChI=1S/C10H10F2N2O/c11-8-4-3-7(10(12)14-8)13-9(15)5-6-1-2-6/h3-4,6H,1-2,5H2,(H,13,15). The molecule has 2 rings (SSSR count). The molecule has 0 atom stereocenters. The fourth-order valence-corrected chi connectivity index (χ4v) is 1.29. The number of anilines is 1. The first-order valence-electron chi connectivity index (χ1n) is 4.77. The van der Waals surface area contributed by atoms with Crippen LogP contribution in [0.15, 0.2) is 12.1 Å². The number of carbonyl (C=O) groups is 1. The molecule has 1 N–H and O–H groups in total. The molecule has 80 valence electrons. The predicted octanol–water partition coefficient (Wildman–Crippen LogP) is 2.10. The molecule has 1 aromatic heterocycles. The van der Waals surface area contributed by atoms with Gasteiger partial charge in [-0.25, -0.2) is 0 Å². The number of carbonyl (C=O) groups excluding carboxylic acids is 1. The van der Waals surface area contributed by atoms with Gasteiger partial charge in [-0.3, -0.25) is 4.79 Å². The van der Waals surface area contributed by atoms with Crippen molar-refractivity contribution < 1.29 is 13.6 Å². The average Bonchev–Trinajstić information content (AvgIpc) is 2.94. The number of nitrogens with zero attached hydrogens (tertiary/aromatic N) is 1. The fourth-order valence-electron chi connectivity index (χ4n) is 1.29. The Labute approximate surface area is 85.5 Å². The highest BCUT2D eigenvalue weighted by atomic mass is 19.1. The topological polar surface area (TPSA) is 42.0 Å². The van der Waals surface area contributed by atoms with Gasteiger partial charge < -0.3 is 5.32 Å². The Bertz CT molecular complexity index is 391. The van der Waals surface area contributed by atoms with E-state index in [1.807, 2.05) is 0 Å². The quantitative estimate of drug-likeness (QED) is 0.779. The highest BCUT2D eigenvalue weighted by Gasteiger charge is 2.24. The molecule has 1 aromatic rings. The molecule has 1 fully saturated rings. The van der Waals surface area contributed by atoms with Crippen LogP contribution in [0.3, 0.4) is 0 Å². The molecule has 1 heterocycles. The van der Waals surface area contributed by atoms with Crippen molar-refractivity contribution in [2.24, 2.45) is 5.92 Å². The van der Waals surface area contributed by atoms with Crippen LogP contribution in [0.1, 0.15) is 19.3 Å². The summed E-state index contributed by atoms with van der Waals surface area (Å²) in [6, 6.07) is 2.18. The number of aromatic nitrogens is 1. The van der Waals surface area contributed by atoms with E-state index in [1.165, 1.54) is 6.07 Å². The van der Waals surface area contributed by atoms with Gasteiger partial charge in [-0.15, -0.1) is 0 Å². The minimum Gasteiger partial charge on any atom is -0.322 e. The third-order valence-corrected chi connectivity index (χ3v) is 2.26. The second kappa shape index (κ2) is 3.92. The smallest absolute Gasteiger partial charge is 0.239 e. The van der Waals surface area contributed by atoms with Crippen molar-refractivity contribution in [1.82, 2.24) is 4.98 Å². The van der Waals surface area contributed by atoms with Crippen LogP contribution in [0.25, 0.3) is 0 Å². The van der Waals surface area contributed by atoms with Crippen molar-refractivity contribution in [3.63, 3.8) is 0 Å². The Balaban J connectivity index is 1.99.